The fourth-order valence-electron chi connectivity index (χ4n) is 24.9. The lowest BCUT2D eigenvalue weighted by Gasteiger charge is -2.58. The van der Waals surface area contributed by atoms with Gasteiger partial charge in [-0.3, -0.25) is 19.2 Å². The molecule has 12 unspecified atom stereocenters. The summed E-state index contributed by atoms with van der Waals surface area (Å²) < 4.78 is 14.6. The number of ether oxygens (including phenoxy) is 3. The number of esters is 3. The molecule has 12 rings (SSSR count). The van der Waals surface area contributed by atoms with E-state index >= 15 is 0 Å². The number of rotatable bonds is 12. The van der Waals surface area contributed by atoms with Gasteiger partial charge in [-0.25, -0.2) is 0 Å². The summed E-state index contributed by atoms with van der Waals surface area (Å²) in [7, 11) is 4.49. The van der Waals surface area contributed by atoms with Crippen molar-refractivity contribution in [2.24, 2.45) is 133 Å². The molecule has 0 saturated heterocycles. The lowest BCUT2D eigenvalue weighted by Crippen LogP contribution is -2.53. The largest absolute Gasteiger partial charge is 0.469 e. The summed E-state index contributed by atoms with van der Waals surface area (Å²) in [5, 5.41) is 10.2. The van der Waals surface area contributed by atoms with Crippen molar-refractivity contribution in [2.45, 2.75) is 268 Å². The van der Waals surface area contributed by atoms with Crippen LogP contribution in [-0.2, 0) is 33.4 Å². The van der Waals surface area contributed by atoms with E-state index in [-0.39, 0.29) is 40.8 Å². The Kier molecular flexibility index (Phi) is 19.6. The normalized spacial score (nSPS) is 45.7. The highest BCUT2D eigenvalue weighted by atomic mass is 16.5. The molecule has 9 fully saturated rings. The number of allylic oxidation sites excluding steroid dienone is 5. The summed E-state index contributed by atoms with van der Waals surface area (Å²) in [6, 6.07) is 0. The fourth-order valence-corrected chi connectivity index (χ4v) is 24.9. The van der Waals surface area contributed by atoms with Gasteiger partial charge in [0.15, 0.2) is 5.78 Å². The number of aliphatic hydroxyl groups excluding tert-OH is 1. The Morgan fingerprint density at radius 2 is 0.835 bits per heavy atom. The zero-order chi connectivity index (χ0) is 61.2. The number of carbonyl (C=O) groups is 4. The molecule has 8 nitrogen and oxygen atoms in total. The topological polar surface area (TPSA) is 116 Å². The molecule has 0 aromatic carbocycles. The Labute approximate surface area is 517 Å². The maximum atomic E-state index is 13.4. The Hall–Kier alpha value is -2.74. The van der Waals surface area contributed by atoms with Gasteiger partial charge in [0.2, 0.25) is 0 Å². The Balaban J connectivity index is 0.000000142. The number of hydrogen-bond acceptors (Lipinski definition) is 8. The Morgan fingerprint density at radius 1 is 0.471 bits per heavy atom. The number of ketones is 1. The van der Waals surface area contributed by atoms with Crippen molar-refractivity contribution in [1.29, 1.82) is 0 Å². The summed E-state index contributed by atoms with van der Waals surface area (Å²) in [5.74, 6) is 12.2. The molecular formula is C77H122O8. The maximum Gasteiger partial charge on any atom is 0.305 e. The third-order valence-corrected chi connectivity index (χ3v) is 30.0. The summed E-state index contributed by atoms with van der Waals surface area (Å²) in [6.07, 6.45) is 41.1. The summed E-state index contributed by atoms with van der Waals surface area (Å²) in [6.45, 7) is 27.1. The Morgan fingerprint density at radius 3 is 1.27 bits per heavy atom. The minimum absolute atomic E-state index is 0.0420. The van der Waals surface area contributed by atoms with E-state index in [9.17, 15) is 24.3 Å². The first-order chi connectivity index (χ1) is 40.3. The standard InChI is InChI=1S/C26H40O3.C26H42O2.C25H40O3/c1-16-10-12-25(3)18(14-16)15-22(27)24-20-8-7-19(17(2)6-9-23(28)29-5)26(20,4)13-11-21(24)25;1-17-12-14-25(3)19(16-17)7-8-20-22-10-9-21(18(2)6-11-24(27)28-5)26(22,4)15-13-23(20)25;1-16(5-10-23(27)28-4)20-8-9-21-19-7-6-17-15-18(26)11-13-24(17,2)22(19)12-14-25(20,21)3/h15-17,19-21,24H,6-14H2,1-5H3;7,17-18,20-23H,6,8-16H2,1-5H3;6,16,18-22,26H,5,7-15H2,1-4H3/t16-,17+,19?,20?,21?,24?,25-,26+;17-,18+,20?,21?,22?,23?,25-,26+;16-,18+,19?,20?,21?,22?,24+,25-/m001/s1. The number of carbonyl (C=O) groups excluding carboxylic acids is 4. The highest BCUT2D eigenvalue weighted by Crippen LogP contribution is 2.71. The second-order valence-electron chi connectivity index (χ2n) is 33.8. The average Bonchev–Trinajstić information content (AvgIpc) is 1.90. The zero-order valence-electron chi connectivity index (χ0n) is 56.4. The van der Waals surface area contributed by atoms with Crippen LogP contribution in [0.1, 0.15) is 262 Å². The van der Waals surface area contributed by atoms with E-state index in [1.165, 1.54) is 155 Å². The van der Waals surface area contributed by atoms with Crippen molar-refractivity contribution in [3.05, 3.63) is 34.9 Å². The van der Waals surface area contributed by atoms with Gasteiger partial charge in [0.05, 0.1) is 27.4 Å². The second-order valence-corrected chi connectivity index (χ2v) is 33.8. The third kappa shape index (κ3) is 11.9. The van der Waals surface area contributed by atoms with Crippen molar-refractivity contribution in [1.82, 2.24) is 0 Å². The van der Waals surface area contributed by atoms with E-state index in [0.29, 0.717) is 82.2 Å². The summed E-state index contributed by atoms with van der Waals surface area (Å²) in [5.41, 5.74) is 7.09. The molecule has 9 saturated carbocycles. The molecule has 0 aromatic heterocycles. The summed E-state index contributed by atoms with van der Waals surface area (Å²) >= 11 is 0. The first-order valence-corrected chi connectivity index (χ1v) is 35.8. The molecule has 0 radical (unpaired) electrons. The molecule has 0 aliphatic heterocycles. The van der Waals surface area contributed by atoms with Crippen LogP contribution < -0.4 is 0 Å². The molecule has 24 atom stereocenters. The van der Waals surface area contributed by atoms with Gasteiger partial charge in [0.1, 0.15) is 0 Å². The highest BCUT2D eigenvalue weighted by Gasteiger charge is 2.63. The molecule has 0 aromatic rings. The van der Waals surface area contributed by atoms with Crippen LogP contribution in [0.5, 0.6) is 0 Å². The maximum absolute atomic E-state index is 13.4. The molecule has 1 N–H and O–H groups in total. The van der Waals surface area contributed by atoms with Crippen LogP contribution in [0.15, 0.2) is 34.9 Å². The molecular weight excluding hydrogens is 1050 g/mol. The van der Waals surface area contributed by atoms with E-state index < -0.39 is 0 Å². The average molecular weight is 1180 g/mol. The zero-order valence-corrected chi connectivity index (χ0v) is 56.4. The van der Waals surface area contributed by atoms with Crippen LogP contribution in [0.4, 0.5) is 0 Å². The molecule has 8 heteroatoms. The van der Waals surface area contributed by atoms with Crippen molar-refractivity contribution in [3.63, 3.8) is 0 Å². The Bertz CT molecular complexity index is 2410. The molecule has 12 aliphatic carbocycles. The van der Waals surface area contributed by atoms with Crippen LogP contribution in [0.25, 0.3) is 0 Å². The fraction of sp³-hybridized carbons (Fsp3) is 0.870. The first-order valence-electron chi connectivity index (χ1n) is 35.8. The van der Waals surface area contributed by atoms with E-state index in [2.05, 4.69) is 94.4 Å². The molecule has 85 heavy (non-hydrogen) atoms. The quantitative estimate of drug-likeness (QED) is 0.117. The minimum Gasteiger partial charge on any atom is -0.469 e. The number of hydrogen-bond donors (Lipinski definition) is 1. The molecule has 0 amide bonds. The van der Waals surface area contributed by atoms with Crippen LogP contribution in [0, 0.1) is 133 Å². The first kappa shape index (κ1) is 65.2. The van der Waals surface area contributed by atoms with Gasteiger partial charge >= 0.3 is 17.9 Å². The summed E-state index contributed by atoms with van der Waals surface area (Å²) in [4.78, 5) is 48.3. The molecule has 478 valence electrons. The molecule has 0 heterocycles. The van der Waals surface area contributed by atoms with Gasteiger partial charge in [-0.2, -0.15) is 0 Å². The number of fused-ring (bicyclic) bond motifs is 15. The van der Waals surface area contributed by atoms with E-state index in [0.717, 1.165) is 97.7 Å². The van der Waals surface area contributed by atoms with Crippen LogP contribution >= 0.6 is 0 Å². The van der Waals surface area contributed by atoms with Gasteiger partial charge < -0.3 is 19.3 Å². The lowest BCUT2D eigenvalue weighted by atomic mass is 9.46. The minimum atomic E-state index is -0.115. The SMILES string of the molecule is COC(=O)CC[C@@H](C)C1CCC2C3C(=O)C=C4C[C@@H](C)CC[C@]4(C)C3CC[C@@]21C.COC(=O)CC[C@@H](C)C1CCC2C3CC=C4C[C@@H](C)CC[C@]4(C)C3CC[C@@]21C.COC(=O)CC[C@@H](C)C1CCC2C3CC=C4C[C@@H](O)CC[C@]4(C)C3CC[C@@]21C. The number of methoxy groups -OCH3 is 3. The van der Waals surface area contributed by atoms with Crippen molar-refractivity contribution in [2.75, 3.05) is 21.3 Å². The predicted octanol–water partition coefficient (Wildman–Crippen LogP) is 18.3. The molecule has 0 spiro atoms. The van der Waals surface area contributed by atoms with E-state index in [1.807, 2.05) is 5.57 Å². The van der Waals surface area contributed by atoms with Gasteiger partial charge in [0.25, 0.3) is 0 Å². The van der Waals surface area contributed by atoms with Crippen LogP contribution in [-0.4, -0.2) is 56.2 Å². The van der Waals surface area contributed by atoms with Crippen molar-refractivity contribution >= 4 is 23.7 Å². The lowest BCUT2D eigenvalue weighted by molar-refractivity contribution is -0.142. The number of aliphatic hydroxyl groups is 1. The van der Waals surface area contributed by atoms with E-state index in [1.54, 1.807) is 5.57 Å². The van der Waals surface area contributed by atoms with Gasteiger partial charge in [-0.05, 0) is 300 Å². The van der Waals surface area contributed by atoms with Crippen molar-refractivity contribution < 1.29 is 38.5 Å². The third-order valence-electron chi connectivity index (χ3n) is 30.0. The monoisotopic (exact) mass is 1170 g/mol. The predicted molar refractivity (Wildman–Crippen MR) is 342 cm³/mol. The van der Waals surface area contributed by atoms with Crippen LogP contribution in [0.2, 0.25) is 0 Å². The highest BCUT2D eigenvalue weighted by molar-refractivity contribution is 5.94. The van der Waals surface area contributed by atoms with Gasteiger partial charge in [-0.15, -0.1) is 0 Å². The molecule has 0 bridgehead atoms. The van der Waals surface area contributed by atoms with Gasteiger partial charge in [-0.1, -0.05) is 105 Å². The molecule has 12 aliphatic rings. The smallest absolute Gasteiger partial charge is 0.305 e. The van der Waals surface area contributed by atoms with E-state index in [4.69, 9.17) is 14.2 Å². The van der Waals surface area contributed by atoms with Crippen molar-refractivity contribution in [3.8, 4) is 0 Å². The second kappa shape index (κ2) is 25.5. The van der Waals surface area contributed by atoms with Crippen LogP contribution in [0.3, 0.4) is 0 Å². The van der Waals surface area contributed by atoms with Gasteiger partial charge in [0, 0.05) is 25.2 Å².